The summed E-state index contributed by atoms with van der Waals surface area (Å²) < 4.78 is 4.93. The van der Waals surface area contributed by atoms with Crippen molar-refractivity contribution in [2.24, 2.45) is 0 Å². The van der Waals surface area contributed by atoms with E-state index in [4.69, 9.17) is 21.4 Å². The van der Waals surface area contributed by atoms with Crippen LogP contribution in [0.1, 0.15) is 17.3 Å². The third-order valence-electron chi connectivity index (χ3n) is 1.94. The molecule has 1 rings (SSSR count). The number of hydrogen-bond acceptors (Lipinski definition) is 3. The zero-order chi connectivity index (χ0) is 13.0. The molecule has 0 aliphatic rings. The third kappa shape index (κ3) is 3.60. The highest BCUT2D eigenvalue weighted by Crippen LogP contribution is 2.24. The average Bonchev–Trinajstić information content (AvgIpc) is 2.25. The zero-order valence-electron chi connectivity index (χ0n) is 9.20. The van der Waals surface area contributed by atoms with E-state index in [9.17, 15) is 9.59 Å². The first kappa shape index (κ1) is 13.3. The SMILES string of the molecule is C=C(C)C(=O)c1ccc(OCC(=O)O)cc1Cl. The summed E-state index contributed by atoms with van der Waals surface area (Å²) in [5.74, 6) is -1.03. The molecule has 0 fully saturated rings. The summed E-state index contributed by atoms with van der Waals surface area (Å²) in [6, 6.07) is 4.38. The highest BCUT2D eigenvalue weighted by molar-refractivity contribution is 6.35. The summed E-state index contributed by atoms with van der Waals surface area (Å²) in [6.45, 7) is 4.67. The van der Waals surface area contributed by atoms with Crippen molar-refractivity contribution in [3.63, 3.8) is 0 Å². The largest absolute Gasteiger partial charge is 0.482 e. The topological polar surface area (TPSA) is 63.6 Å². The normalized spacial score (nSPS) is 9.76. The molecule has 4 nitrogen and oxygen atoms in total. The fraction of sp³-hybridized carbons (Fsp3) is 0.167. The molecule has 0 saturated carbocycles. The van der Waals surface area contributed by atoms with Gasteiger partial charge in [0.2, 0.25) is 0 Å². The molecule has 0 heterocycles. The summed E-state index contributed by atoms with van der Waals surface area (Å²) in [4.78, 5) is 21.9. The molecule has 90 valence electrons. The smallest absolute Gasteiger partial charge is 0.341 e. The van der Waals surface area contributed by atoms with Gasteiger partial charge in [-0.2, -0.15) is 0 Å². The van der Waals surface area contributed by atoms with Gasteiger partial charge in [0.25, 0.3) is 0 Å². The molecule has 0 amide bonds. The van der Waals surface area contributed by atoms with Crippen molar-refractivity contribution in [2.45, 2.75) is 6.92 Å². The fourth-order valence-corrected chi connectivity index (χ4v) is 1.40. The molecule has 0 saturated heterocycles. The quantitative estimate of drug-likeness (QED) is 0.648. The molecule has 5 heteroatoms. The van der Waals surface area contributed by atoms with Crippen LogP contribution in [-0.4, -0.2) is 23.5 Å². The molecule has 0 aliphatic carbocycles. The van der Waals surface area contributed by atoms with Gasteiger partial charge in [0.15, 0.2) is 12.4 Å². The van der Waals surface area contributed by atoms with Crippen LogP contribution in [0, 0.1) is 0 Å². The Bertz CT molecular complexity index is 479. The van der Waals surface area contributed by atoms with Crippen LogP contribution in [0.4, 0.5) is 0 Å². The maximum Gasteiger partial charge on any atom is 0.341 e. The van der Waals surface area contributed by atoms with Gasteiger partial charge in [-0.3, -0.25) is 4.79 Å². The van der Waals surface area contributed by atoms with Crippen LogP contribution in [0.2, 0.25) is 5.02 Å². The van der Waals surface area contributed by atoms with Crippen molar-refractivity contribution >= 4 is 23.4 Å². The van der Waals surface area contributed by atoms with Crippen molar-refractivity contribution in [1.82, 2.24) is 0 Å². The zero-order valence-corrected chi connectivity index (χ0v) is 9.95. The third-order valence-corrected chi connectivity index (χ3v) is 2.25. The molecule has 0 bridgehead atoms. The van der Waals surface area contributed by atoms with Crippen LogP contribution in [0.3, 0.4) is 0 Å². The first-order valence-corrected chi connectivity index (χ1v) is 5.14. The van der Waals surface area contributed by atoms with Gasteiger partial charge in [-0.25, -0.2) is 4.79 Å². The standard InChI is InChI=1S/C12H11ClO4/c1-7(2)12(16)9-4-3-8(5-10(9)13)17-6-11(14)15/h3-5H,1,6H2,2H3,(H,14,15). The fourth-order valence-electron chi connectivity index (χ4n) is 1.14. The minimum absolute atomic E-state index is 0.209. The first-order chi connectivity index (χ1) is 7.91. The predicted octanol–water partition coefficient (Wildman–Crippen LogP) is 2.56. The molecule has 0 unspecified atom stereocenters. The number of rotatable bonds is 5. The van der Waals surface area contributed by atoms with Crippen molar-refractivity contribution < 1.29 is 19.4 Å². The molecule has 0 aliphatic heterocycles. The molecule has 0 aromatic heterocycles. The number of ketones is 1. The summed E-state index contributed by atoms with van der Waals surface area (Å²) in [5.41, 5.74) is 0.702. The summed E-state index contributed by atoms with van der Waals surface area (Å²) >= 11 is 5.89. The van der Waals surface area contributed by atoms with E-state index in [1.54, 1.807) is 6.92 Å². The number of Topliss-reactive ketones (excluding diaryl/α,β-unsaturated/α-hetero) is 1. The van der Waals surface area contributed by atoms with Crippen LogP contribution in [-0.2, 0) is 4.79 Å². The molecule has 1 aromatic rings. The van der Waals surface area contributed by atoms with E-state index < -0.39 is 12.6 Å². The molecular formula is C12H11ClO4. The minimum Gasteiger partial charge on any atom is -0.482 e. The van der Waals surface area contributed by atoms with Gasteiger partial charge in [-0.1, -0.05) is 18.2 Å². The van der Waals surface area contributed by atoms with Gasteiger partial charge >= 0.3 is 5.97 Å². The number of carboxylic acids is 1. The van der Waals surface area contributed by atoms with Crippen molar-refractivity contribution in [2.75, 3.05) is 6.61 Å². The highest BCUT2D eigenvalue weighted by atomic mass is 35.5. The summed E-state index contributed by atoms with van der Waals surface area (Å²) in [7, 11) is 0. The van der Waals surface area contributed by atoms with Gasteiger partial charge in [0, 0.05) is 5.56 Å². The maximum atomic E-state index is 11.6. The van der Waals surface area contributed by atoms with Crippen molar-refractivity contribution in [1.29, 1.82) is 0 Å². The van der Waals surface area contributed by atoms with E-state index in [0.29, 0.717) is 16.9 Å². The van der Waals surface area contributed by atoms with Crippen LogP contribution in [0.5, 0.6) is 5.75 Å². The Morgan fingerprint density at radius 1 is 1.47 bits per heavy atom. The second-order valence-electron chi connectivity index (χ2n) is 3.43. The predicted molar refractivity (Wildman–Crippen MR) is 63.7 cm³/mol. The van der Waals surface area contributed by atoms with E-state index in [2.05, 4.69) is 6.58 Å². The number of hydrogen-bond donors (Lipinski definition) is 1. The number of halogens is 1. The second kappa shape index (κ2) is 5.50. The number of carbonyl (C=O) groups is 2. The number of carbonyl (C=O) groups excluding carboxylic acids is 1. The molecule has 0 radical (unpaired) electrons. The average molecular weight is 255 g/mol. The van der Waals surface area contributed by atoms with E-state index in [0.717, 1.165) is 0 Å². The lowest BCUT2D eigenvalue weighted by Gasteiger charge is -2.07. The van der Waals surface area contributed by atoms with Crippen LogP contribution < -0.4 is 4.74 Å². The number of allylic oxidation sites excluding steroid dienone is 1. The van der Waals surface area contributed by atoms with Gasteiger partial charge in [-0.05, 0) is 30.7 Å². The van der Waals surface area contributed by atoms with Gasteiger partial charge in [0.1, 0.15) is 5.75 Å². The molecular weight excluding hydrogens is 244 g/mol. The first-order valence-electron chi connectivity index (χ1n) is 4.76. The molecule has 1 N–H and O–H groups in total. The Balaban J connectivity index is 2.90. The lowest BCUT2D eigenvalue weighted by Crippen LogP contribution is -2.09. The minimum atomic E-state index is -1.08. The van der Waals surface area contributed by atoms with Crippen molar-refractivity contribution in [3.8, 4) is 5.75 Å². The Labute approximate surface area is 103 Å². The summed E-state index contributed by atoms with van der Waals surface area (Å²) in [6.07, 6.45) is 0. The number of benzene rings is 1. The maximum absolute atomic E-state index is 11.6. The highest BCUT2D eigenvalue weighted by Gasteiger charge is 2.12. The molecule has 0 spiro atoms. The monoisotopic (exact) mass is 254 g/mol. The van der Waals surface area contributed by atoms with Crippen molar-refractivity contribution in [3.05, 3.63) is 40.9 Å². The Kier molecular flexibility index (Phi) is 4.29. The number of carboxylic acid groups (broad SMARTS) is 1. The van der Waals surface area contributed by atoms with E-state index in [-0.39, 0.29) is 10.8 Å². The Morgan fingerprint density at radius 2 is 2.12 bits per heavy atom. The van der Waals surface area contributed by atoms with Gasteiger partial charge in [0.05, 0.1) is 5.02 Å². The van der Waals surface area contributed by atoms with Crippen LogP contribution >= 0.6 is 11.6 Å². The van der Waals surface area contributed by atoms with E-state index in [1.807, 2.05) is 0 Å². The van der Waals surface area contributed by atoms with Gasteiger partial charge < -0.3 is 9.84 Å². The van der Waals surface area contributed by atoms with Crippen LogP contribution in [0.15, 0.2) is 30.4 Å². The number of ether oxygens (including phenoxy) is 1. The van der Waals surface area contributed by atoms with Gasteiger partial charge in [-0.15, -0.1) is 0 Å². The van der Waals surface area contributed by atoms with E-state index in [1.165, 1.54) is 18.2 Å². The lowest BCUT2D eigenvalue weighted by atomic mass is 10.1. The number of aliphatic carboxylic acids is 1. The van der Waals surface area contributed by atoms with E-state index >= 15 is 0 Å². The lowest BCUT2D eigenvalue weighted by molar-refractivity contribution is -0.139. The second-order valence-corrected chi connectivity index (χ2v) is 3.84. The van der Waals surface area contributed by atoms with Crippen LogP contribution in [0.25, 0.3) is 0 Å². The summed E-state index contributed by atoms with van der Waals surface area (Å²) in [5, 5.41) is 8.65. The molecule has 17 heavy (non-hydrogen) atoms. The Morgan fingerprint density at radius 3 is 2.59 bits per heavy atom. The Hall–Kier alpha value is -1.81. The molecule has 0 atom stereocenters. The molecule has 1 aromatic carbocycles.